The molecule has 0 spiro atoms. The molecule has 0 saturated carbocycles. The summed E-state index contributed by atoms with van der Waals surface area (Å²) in [6.07, 6.45) is 14.9. The Labute approximate surface area is 190 Å². The second kappa shape index (κ2) is 9.35. The van der Waals surface area contributed by atoms with Crippen molar-refractivity contribution in [3.63, 3.8) is 0 Å². The summed E-state index contributed by atoms with van der Waals surface area (Å²) in [5.74, 6) is -0.244. The zero-order chi connectivity index (χ0) is 22.7. The quantitative estimate of drug-likeness (QED) is 0.239. The maximum atomic E-state index is 11.9. The lowest BCUT2D eigenvalue weighted by Gasteiger charge is -2.41. The van der Waals surface area contributed by atoms with E-state index in [1.54, 1.807) is 11.1 Å². The third-order valence-corrected chi connectivity index (χ3v) is 7.76. The molecule has 31 heavy (non-hydrogen) atoms. The fourth-order valence-corrected chi connectivity index (χ4v) is 5.53. The number of hydrogen-bond acceptors (Lipinski definition) is 2. The number of ether oxygens (including phenoxy) is 1. The molecule has 1 aromatic carbocycles. The maximum absolute atomic E-state index is 11.9. The molecular weight excluding hydrogens is 380 g/mol. The minimum atomic E-state index is -0.244. The Bertz CT molecular complexity index is 808. The topological polar surface area (TPSA) is 26.3 Å². The fraction of sp³-hybridized carbons (Fsp3) is 0.621. The van der Waals surface area contributed by atoms with Crippen LogP contribution >= 0.6 is 0 Å². The molecule has 0 amide bonds. The van der Waals surface area contributed by atoms with Crippen molar-refractivity contribution in [3.05, 3.63) is 52.6 Å². The lowest BCUT2D eigenvalue weighted by atomic mass is 9.64. The molecule has 2 heteroatoms. The van der Waals surface area contributed by atoms with Gasteiger partial charge in [0.15, 0.2) is 0 Å². The molecule has 2 aliphatic rings. The Morgan fingerprint density at radius 1 is 0.935 bits per heavy atom. The predicted octanol–water partition coefficient (Wildman–Crippen LogP) is 8.38. The standard InChI is InChI=1S/C29H42O2/c1-7-9-10-16-29(17-15-22-11-13-23(14-12-22)26(30)31-8-2)20-24-25(21-29)28(5,6)19-18-27(24,3)4/h11-15,17H,7-10,16,18-21H2,1-6H3. The number of allylic oxidation sites excluding steroid dienone is 3. The van der Waals surface area contributed by atoms with Crippen LogP contribution in [-0.2, 0) is 4.74 Å². The average molecular weight is 423 g/mol. The Balaban J connectivity index is 1.84. The van der Waals surface area contributed by atoms with Crippen molar-refractivity contribution in [1.29, 1.82) is 0 Å². The lowest BCUT2D eigenvalue weighted by Crippen LogP contribution is -2.28. The van der Waals surface area contributed by atoms with Crippen LogP contribution in [0.4, 0.5) is 0 Å². The summed E-state index contributed by atoms with van der Waals surface area (Å²) in [6, 6.07) is 7.84. The number of rotatable bonds is 8. The van der Waals surface area contributed by atoms with Crippen LogP contribution in [0.25, 0.3) is 6.08 Å². The van der Waals surface area contributed by atoms with E-state index >= 15 is 0 Å². The van der Waals surface area contributed by atoms with Crippen molar-refractivity contribution in [1.82, 2.24) is 0 Å². The second-order valence-electron chi connectivity index (χ2n) is 11.1. The van der Waals surface area contributed by atoms with Crippen molar-refractivity contribution in [2.75, 3.05) is 6.61 Å². The van der Waals surface area contributed by atoms with Crippen LogP contribution in [0.1, 0.15) is 109 Å². The van der Waals surface area contributed by atoms with Gasteiger partial charge in [0.1, 0.15) is 0 Å². The first-order valence-electron chi connectivity index (χ1n) is 12.3. The van der Waals surface area contributed by atoms with Crippen LogP contribution in [0.2, 0.25) is 0 Å². The number of hydrogen-bond donors (Lipinski definition) is 0. The van der Waals surface area contributed by atoms with Crippen molar-refractivity contribution in [3.8, 4) is 0 Å². The first-order valence-corrected chi connectivity index (χ1v) is 12.3. The molecule has 1 aromatic rings. The fourth-order valence-electron chi connectivity index (χ4n) is 5.53. The summed E-state index contributed by atoms with van der Waals surface area (Å²) in [4.78, 5) is 11.9. The van der Waals surface area contributed by atoms with E-state index in [2.05, 4.69) is 46.8 Å². The van der Waals surface area contributed by atoms with Gasteiger partial charge in [-0.25, -0.2) is 4.79 Å². The molecule has 0 atom stereocenters. The molecule has 2 nitrogen and oxygen atoms in total. The van der Waals surface area contributed by atoms with Gasteiger partial charge in [-0.05, 0) is 73.0 Å². The van der Waals surface area contributed by atoms with Crippen molar-refractivity contribution in [2.24, 2.45) is 16.2 Å². The summed E-state index contributed by atoms with van der Waals surface area (Å²) in [5, 5.41) is 0. The maximum Gasteiger partial charge on any atom is 0.338 e. The van der Waals surface area contributed by atoms with E-state index in [1.807, 2.05) is 31.2 Å². The van der Waals surface area contributed by atoms with Gasteiger partial charge in [0.05, 0.1) is 12.2 Å². The van der Waals surface area contributed by atoms with Crippen LogP contribution in [0.15, 0.2) is 41.5 Å². The van der Waals surface area contributed by atoms with Gasteiger partial charge in [-0.15, -0.1) is 0 Å². The molecule has 0 N–H and O–H groups in total. The Morgan fingerprint density at radius 2 is 1.52 bits per heavy atom. The minimum absolute atomic E-state index is 0.235. The Morgan fingerprint density at radius 3 is 2.03 bits per heavy atom. The summed E-state index contributed by atoms with van der Waals surface area (Å²) in [6.45, 7) is 14.4. The van der Waals surface area contributed by atoms with Crippen LogP contribution in [0, 0.1) is 16.2 Å². The van der Waals surface area contributed by atoms with Gasteiger partial charge in [-0.2, -0.15) is 0 Å². The summed E-state index contributed by atoms with van der Waals surface area (Å²) < 4.78 is 5.11. The molecule has 170 valence electrons. The van der Waals surface area contributed by atoms with E-state index in [9.17, 15) is 4.79 Å². The van der Waals surface area contributed by atoms with E-state index in [4.69, 9.17) is 4.74 Å². The second-order valence-corrected chi connectivity index (χ2v) is 11.1. The number of unbranched alkanes of at least 4 members (excludes halogenated alkanes) is 2. The molecule has 0 fully saturated rings. The molecule has 0 radical (unpaired) electrons. The van der Waals surface area contributed by atoms with E-state index in [-0.39, 0.29) is 11.4 Å². The molecule has 0 saturated heterocycles. The summed E-state index contributed by atoms with van der Waals surface area (Å²) >= 11 is 0. The number of carbonyl (C=O) groups excluding carboxylic acids is 1. The normalized spacial score (nSPS) is 21.4. The van der Waals surface area contributed by atoms with E-state index in [1.165, 1.54) is 51.4 Å². The van der Waals surface area contributed by atoms with Gasteiger partial charge in [-0.3, -0.25) is 0 Å². The molecule has 0 heterocycles. The molecule has 0 unspecified atom stereocenters. The van der Waals surface area contributed by atoms with E-state index in [0.29, 0.717) is 23.0 Å². The minimum Gasteiger partial charge on any atom is -0.462 e. The third-order valence-electron chi connectivity index (χ3n) is 7.76. The van der Waals surface area contributed by atoms with Crippen LogP contribution in [-0.4, -0.2) is 12.6 Å². The SMILES string of the molecule is CCCCCC1(C=Cc2ccc(C(=O)OCC)cc2)CC2=C(C1)C(C)(C)CCC2(C)C. The highest BCUT2D eigenvalue weighted by Crippen LogP contribution is 2.61. The highest BCUT2D eigenvalue weighted by atomic mass is 16.5. The molecule has 0 bridgehead atoms. The highest BCUT2D eigenvalue weighted by Gasteiger charge is 2.48. The Kier molecular flexibility index (Phi) is 7.18. The van der Waals surface area contributed by atoms with Crippen LogP contribution in [0.5, 0.6) is 0 Å². The van der Waals surface area contributed by atoms with Gasteiger partial charge in [0, 0.05) is 0 Å². The molecule has 0 aliphatic heterocycles. The molecule has 2 aliphatic carbocycles. The number of esters is 1. The zero-order valence-corrected chi connectivity index (χ0v) is 20.6. The summed E-state index contributed by atoms with van der Waals surface area (Å²) in [7, 11) is 0. The largest absolute Gasteiger partial charge is 0.462 e. The monoisotopic (exact) mass is 422 g/mol. The van der Waals surface area contributed by atoms with Crippen molar-refractivity contribution < 1.29 is 9.53 Å². The molecule has 3 rings (SSSR count). The van der Waals surface area contributed by atoms with Gasteiger partial charge in [0.25, 0.3) is 0 Å². The average Bonchev–Trinajstić information content (AvgIpc) is 3.14. The van der Waals surface area contributed by atoms with Crippen molar-refractivity contribution >= 4 is 12.0 Å². The van der Waals surface area contributed by atoms with Crippen LogP contribution in [0.3, 0.4) is 0 Å². The molecular formula is C29H42O2. The van der Waals surface area contributed by atoms with Gasteiger partial charge in [0.2, 0.25) is 0 Å². The van der Waals surface area contributed by atoms with Crippen LogP contribution < -0.4 is 0 Å². The van der Waals surface area contributed by atoms with Gasteiger partial charge >= 0.3 is 5.97 Å². The number of benzene rings is 1. The molecule has 0 aromatic heterocycles. The Hall–Kier alpha value is -1.83. The van der Waals surface area contributed by atoms with Gasteiger partial charge < -0.3 is 4.74 Å². The van der Waals surface area contributed by atoms with Crippen molar-refractivity contribution in [2.45, 2.75) is 92.9 Å². The highest BCUT2D eigenvalue weighted by molar-refractivity contribution is 5.89. The van der Waals surface area contributed by atoms with E-state index < -0.39 is 0 Å². The smallest absolute Gasteiger partial charge is 0.338 e. The zero-order valence-electron chi connectivity index (χ0n) is 20.6. The van der Waals surface area contributed by atoms with E-state index in [0.717, 1.165) is 5.56 Å². The summed E-state index contributed by atoms with van der Waals surface area (Å²) in [5.41, 5.74) is 6.15. The predicted molar refractivity (Wildman–Crippen MR) is 131 cm³/mol. The van der Waals surface area contributed by atoms with Gasteiger partial charge in [-0.1, -0.05) is 89.3 Å². The first kappa shape index (κ1) is 23.8. The first-order chi connectivity index (χ1) is 14.6. The third kappa shape index (κ3) is 5.33. The lowest BCUT2D eigenvalue weighted by molar-refractivity contribution is 0.0526. The number of carbonyl (C=O) groups is 1.